The summed E-state index contributed by atoms with van der Waals surface area (Å²) in [4.78, 5) is 11.1. The minimum absolute atomic E-state index is 0.133. The van der Waals surface area contributed by atoms with Crippen molar-refractivity contribution in [1.29, 1.82) is 0 Å². The third-order valence-electron chi connectivity index (χ3n) is 1.74. The predicted molar refractivity (Wildman–Crippen MR) is 55.2 cm³/mol. The van der Waals surface area contributed by atoms with E-state index in [-0.39, 0.29) is 12.6 Å². The zero-order valence-corrected chi connectivity index (χ0v) is 9.46. The molecule has 4 nitrogen and oxygen atoms in total. The summed E-state index contributed by atoms with van der Waals surface area (Å²) in [7, 11) is 0. The SMILES string of the molecule is CCCC(C)(O)CNC(=O)OC(C)C. The van der Waals surface area contributed by atoms with Gasteiger partial charge in [-0.1, -0.05) is 13.3 Å². The molecule has 1 atom stereocenters. The lowest BCUT2D eigenvalue weighted by Gasteiger charge is -2.22. The number of alkyl carbamates (subject to hydrolysis) is 1. The van der Waals surface area contributed by atoms with Crippen molar-refractivity contribution in [1.82, 2.24) is 5.32 Å². The molecular weight excluding hydrogens is 182 g/mol. The smallest absolute Gasteiger partial charge is 0.407 e. The van der Waals surface area contributed by atoms with Crippen LogP contribution < -0.4 is 5.32 Å². The number of carbonyl (C=O) groups is 1. The lowest BCUT2D eigenvalue weighted by molar-refractivity contribution is 0.0446. The summed E-state index contributed by atoms with van der Waals surface area (Å²) in [5.74, 6) is 0. The van der Waals surface area contributed by atoms with Gasteiger partial charge in [0, 0.05) is 6.54 Å². The van der Waals surface area contributed by atoms with Crippen LogP contribution in [0.15, 0.2) is 0 Å². The number of hydrogen-bond donors (Lipinski definition) is 2. The molecule has 84 valence electrons. The molecule has 0 spiro atoms. The second-order valence-electron chi connectivity index (χ2n) is 4.05. The van der Waals surface area contributed by atoms with Crippen LogP contribution in [0.3, 0.4) is 0 Å². The fourth-order valence-corrected chi connectivity index (χ4v) is 1.15. The molecule has 0 aliphatic carbocycles. The number of ether oxygens (including phenoxy) is 1. The number of carbonyl (C=O) groups excluding carboxylic acids is 1. The monoisotopic (exact) mass is 203 g/mol. The van der Waals surface area contributed by atoms with Crippen LogP contribution in [0.4, 0.5) is 4.79 Å². The fourth-order valence-electron chi connectivity index (χ4n) is 1.15. The molecule has 0 rings (SSSR count). The fraction of sp³-hybridized carbons (Fsp3) is 0.900. The molecular formula is C10H21NO3. The Bertz CT molecular complexity index is 178. The predicted octanol–water partition coefficient (Wildman–Crippen LogP) is 1.67. The lowest BCUT2D eigenvalue weighted by Crippen LogP contribution is -2.41. The average Bonchev–Trinajstić information content (AvgIpc) is 2.00. The van der Waals surface area contributed by atoms with Crippen molar-refractivity contribution >= 4 is 6.09 Å². The maximum Gasteiger partial charge on any atom is 0.407 e. The Labute approximate surface area is 85.6 Å². The number of amides is 1. The topological polar surface area (TPSA) is 58.6 Å². The van der Waals surface area contributed by atoms with Gasteiger partial charge >= 0.3 is 6.09 Å². The molecule has 0 aromatic carbocycles. The third kappa shape index (κ3) is 6.71. The molecule has 0 aromatic heterocycles. The first-order chi connectivity index (χ1) is 6.37. The van der Waals surface area contributed by atoms with Gasteiger partial charge in [0.1, 0.15) is 0 Å². The van der Waals surface area contributed by atoms with Crippen LogP contribution in [0.25, 0.3) is 0 Å². The third-order valence-corrected chi connectivity index (χ3v) is 1.74. The second-order valence-corrected chi connectivity index (χ2v) is 4.05. The summed E-state index contributed by atoms with van der Waals surface area (Å²) in [6, 6.07) is 0. The zero-order chi connectivity index (χ0) is 11.2. The van der Waals surface area contributed by atoms with Crippen molar-refractivity contribution in [3.05, 3.63) is 0 Å². The molecule has 0 aromatic rings. The highest BCUT2D eigenvalue weighted by Crippen LogP contribution is 2.09. The number of aliphatic hydroxyl groups is 1. The van der Waals surface area contributed by atoms with Gasteiger partial charge in [-0.2, -0.15) is 0 Å². The molecule has 14 heavy (non-hydrogen) atoms. The minimum Gasteiger partial charge on any atom is -0.447 e. The van der Waals surface area contributed by atoms with E-state index in [4.69, 9.17) is 4.74 Å². The molecule has 1 unspecified atom stereocenters. The zero-order valence-electron chi connectivity index (χ0n) is 9.46. The van der Waals surface area contributed by atoms with E-state index in [1.54, 1.807) is 20.8 Å². The van der Waals surface area contributed by atoms with Crippen molar-refractivity contribution < 1.29 is 14.6 Å². The van der Waals surface area contributed by atoms with Crippen molar-refractivity contribution in [2.45, 2.75) is 52.2 Å². The van der Waals surface area contributed by atoms with Gasteiger partial charge in [-0.05, 0) is 27.2 Å². The van der Waals surface area contributed by atoms with Gasteiger partial charge in [0.2, 0.25) is 0 Å². The molecule has 2 N–H and O–H groups in total. The van der Waals surface area contributed by atoms with Crippen LogP contribution in [0.1, 0.15) is 40.5 Å². The molecule has 0 heterocycles. The summed E-state index contributed by atoms with van der Waals surface area (Å²) in [5.41, 5.74) is -0.843. The van der Waals surface area contributed by atoms with Crippen molar-refractivity contribution in [3.63, 3.8) is 0 Å². The van der Waals surface area contributed by atoms with Gasteiger partial charge in [0.05, 0.1) is 11.7 Å². The molecule has 4 heteroatoms. The Hall–Kier alpha value is -0.770. The lowest BCUT2D eigenvalue weighted by atomic mass is 10.0. The van der Waals surface area contributed by atoms with E-state index >= 15 is 0 Å². The van der Waals surface area contributed by atoms with Gasteiger partial charge in [-0.3, -0.25) is 0 Å². The van der Waals surface area contributed by atoms with Gasteiger partial charge in [0.25, 0.3) is 0 Å². The second kappa shape index (κ2) is 5.86. The van der Waals surface area contributed by atoms with E-state index in [9.17, 15) is 9.90 Å². The average molecular weight is 203 g/mol. The Kier molecular flexibility index (Phi) is 5.53. The molecule has 0 bridgehead atoms. The van der Waals surface area contributed by atoms with Crippen LogP contribution in [0, 0.1) is 0 Å². The summed E-state index contributed by atoms with van der Waals surface area (Å²) in [6.07, 6.45) is 0.936. The molecule has 1 amide bonds. The van der Waals surface area contributed by atoms with Crippen molar-refractivity contribution in [2.75, 3.05) is 6.54 Å². The highest BCUT2D eigenvalue weighted by Gasteiger charge is 2.20. The van der Waals surface area contributed by atoms with E-state index in [1.165, 1.54) is 0 Å². The standard InChI is InChI=1S/C10H21NO3/c1-5-6-10(4,13)7-11-9(12)14-8(2)3/h8,13H,5-7H2,1-4H3,(H,11,12). The van der Waals surface area contributed by atoms with Gasteiger partial charge in [-0.15, -0.1) is 0 Å². The largest absolute Gasteiger partial charge is 0.447 e. The van der Waals surface area contributed by atoms with Gasteiger partial charge in [-0.25, -0.2) is 4.79 Å². The van der Waals surface area contributed by atoms with E-state index in [0.717, 1.165) is 6.42 Å². The highest BCUT2D eigenvalue weighted by atomic mass is 16.6. The van der Waals surface area contributed by atoms with E-state index < -0.39 is 11.7 Å². The summed E-state index contributed by atoms with van der Waals surface area (Å²) in [6.45, 7) is 7.48. The first-order valence-electron chi connectivity index (χ1n) is 5.04. The van der Waals surface area contributed by atoms with Crippen molar-refractivity contribution in [3.8, 4) is 0 Å². The normalized spacial score (nSPS) is 15.0. The van der Waals surface area contributed by atoms with Crippen LogP contribution in [0.2, 0.25) is 0 Å². The van der Waals surface area contributed by atoms with E-state index in [1.807, 2.05) is 6.92 Å². The van der Waals surface area contributed by atoms with Crippen LogP contribution in [0.5, 0.6) is 0 Å². The maximum absolute atomic E-state index is 11.1. The number of hydrogen-bond acceptors (Lipinski definition) is 3. The minimum atomic E-state index is -0.843. The Morgan fingerprint density at radius 2 is 2.14 bits per heavy atom. The maximum atomic E-state index is 11.1. The molecule has 0 aliphatic heterocycles. The number of nitrogens with one attached hydrogen (secondary N) is 1. The van der Waals surface area contributed by atoms with Crippen molar-refractivity contribution in [2.24, 2.45) is 0 Å². The summed E-state index contributed by atoms with van der Waals surface area (Å²) >= 11 is 0. The van der Waals surface area contributed by atoms with Gasteiger partial charge in [0.15, 0.2) is 0 Å². The Morgan fingerprint density at radius 1 is 1.57 bits per heavy atom. The van der Waals surface area contributed by atoms with Gasteiger partial charge < -0.3 is 15.2 Å². The summed E-state index contributed by atoms with van der Waals surface area (Å²) in [5, 5.41) is 12.3. The molecule has 0 saturated heterocycles. The van der Waals surface area contributed by atoms with Crippen LogP contribution >= 0.6 is 0 Å². The first kappa shape index (κ1) is 13.2. The molecule has 0 fully saturated rings. The number of rotatable bonds is 5. The summed E-state index contributed by atoms with van der Waals surface area (Å²) < 4.78 is 4.86. The molecule has 0 aliphatic rings. The quantitative estimate of drug-likeness (QED) is 0.714. The Morgan fingerprint density at radius 3 is 2.57 bits per heavy atom. The Balaban J connectivity index is 3.75. The van der Waals surface area contributed by atoms with E-state index in [2.05, 4.69) is 5.32 Å². The highest BCUT2D eigenvalue weighted by molar-refractivity contribution is 5.67. The van der Waals surface area contributed by atoms with Crippen LogP contribution in [-0.2, 0) is 4.74 Å². The molecule has 0 radical (unpaired) electrons. The molecule has 0 saturated carbocycles. The first-order valence-corrected chi connectivity index (χ1v) is 5.04. The van der Waals surface area contributed by atoms with Crippen LogP contribution in [-0.4, -0.2) is 29.4 Å². The van der Waals surface area contributed by atoms with E-state index in [0.29, 0.717) is 6.42 Å².